The first-order valence-electron chi connectivity index (χ1n) is 9.04. The Labute approximate surface area is 150 Å². The number of para-hydroxylation sites is 1. The third-order valence-corrected chi connectivity index (χ3v) is 4.00. The number of nitrogens with one attached hydrogen (secondary N) is 1. The average Bonchev–Trinajstić information content (AvgIpc) is 2.62. The van der Waals surface area contributed by atoms with E-state index in [4.69, 9.17) is 0 Å². The molecule has 0 aliphatic heterocycles. The fourth-order valence-corrected chi connectivity index (χ4v) is 2.78. The highest BCUT2D eigenvalue weighted by Gasteiger charge is 2.15. The number of hydrogen-bond acceptors (Lipinski definition) is 4. The standard InChI is InChI=1S/C20H28N4O/c1-5-11-24(12-6-2)19(25)16-13-21-20(22-14-16)23-18-10-8-7-9-17(18)15(3)4/h7-10,13-15H,5-6,11-12H2,1-4H3,(H,21,22,23). The normalized spacial score (nSPS) is 10.8. The van der Waals surface area contributed by atoms with E-state index in [2.05, 4.69) is 49.0 Å². The number of carbonyl (C=O) groups excluding carboxylic acids is 1. The summed E-state index contributed by atoms with van der Waals surface area (Å²) in [6.07, 6.45) is 5.10. The van der Waals surface area contributed by atoms with Gasteiger partial charge in [0, 0.05) is 31.2 Å². The first kappa shape index (κ1) is 18.9. The molecule has 1 amide bonds. The lowest BCUT2D eigenvalue weighted by Gasteiger charge is -2.21. The molecule has 0 bridgehead atoms. The van der Waals surface area contributed by atoms with Gasteiger partial charge < -0.3 is 10.2 Å². The van der Waals surface area contributed by atoms with E-state index >= 15 is 0 Å². The Morgan fingerprint density at radius 1 is 1.08 bits per heavy atom. The van der Waals surface area contributed by atoms with Crippen molar-refractivity contribution >= 4 is 17.5 Å². The van der Waals surface area contributed by atoms with E-state index in [1.165, 1.54) is 5.56 Å². The largest absolute Gasteiger partial charge is 0.339 e. The Morgan fingerprint density at radius 3 is 2.24 bits per heavy atom. The molecule has 5 heteroatoms. The Kier molecular flexibility index (Phi) is 6.92. The lowest BCUT2D eigenvalue weighted by molar-refractivity contribution is 0.0754. The van der Waals surface area contributed by atoms with Crippen molar-refractivity contribution in [3.63, 3.8) is 0 Å². The maximum Gasteiger partial charge on any atom is 0.256 e. The summed E-state index contributed by atoms with van der Waals surface area (Å²) in [5.41, 5.74) is 2.74. The maximum absolute atomic E-state index is 12.6. The number of hydrogen-bond donors (Lipinski definition) is 1. The minimum absolute atomic E-state index is 0.00201. The van der Waals surface area contributed by atoms with Crippen molar-refractivity contribution in [2.75, 3.05) is 18.4 Å². The summed E-state index contributed by atoms with van der Waals surface area (Å²) in [4.78, 5) is 23.1. The minimum Gasteiger partial charge on any atom is -0.339 e. The molecule has 2 aromatic rings. The van der Waals surface area contributed by atoms with Gasteiger partial charge in [-0.05, 0) is 30.4 Å². The topological polar surface area (TPSA) is 58.1 Å². The zero-order valence-corrected chi connectivity index (χ0v) is 15.6. The second-order valence-corrected chi connectivity index (χ2v) is 6.45. The predicted octanol–water partition coefficient (Wildman–Crippen LogP) is 4.61. The Hall–Kier alpha value is -2.43. The molecule has 0 saturated heterocycles. The van der Waals surface area contributed by atoms with Crippen LogP contribution in [0.2, 0.25) is 0 Å². The first-order valence-corrected chi connectivity index (χ1v) is 9.04. The second kappa shape index (κ2) is 9.16. The van der Waals surface area contributed by atoms with E-state index in [1.54, 1.807) is 12.4 Å². The molecule has 0 aliphatic carbocycles. The molecule has 0 radical (unpaired) electrons. The zero-order valence-electron chi connectivity index (χ0n) is 15.6. The first-order chi connectivity index (χ1) is 12.1. The van der Waals surface area contributed by atoms with Crippen molar-refractivity contribution in [3.8, 4) is 0 Å². The number of nitrogens with zero attached hydrogens (tertiary/aromatic N) is 3. The van der Waals surface area contributed by atoms with E-state index in [0.29, 0.717) is 17.4 Å². The summed E-state index contributed by atoms with van der Waals surface area (Å²) in [5.74, 6) is 0.904. The lowest BCUT2D eigenvalue weighted by Crippen LogP contribution is -2.32. The number of anilines is 2. The van der Waals surface area contributed by atoms with E-state index in [0.717, 1.165) is 31.6 Å². The van der Waals surface area contributed by atoms with Crippen molar-refractivity contribution in [1.29, 1.82) is 0 Å². The maximum atomic E-state index is 12.6. The number of rotatable bonds is 8. The Bertz CT molecular complexity index is 676. The van der Waals surface area contributed by atoms with E-state index in [1.807, 2.05) is 23.1 Å². The van der Waals surface area contributed by atoms with Gasteiger partial charge in [-0.25, -0.2) is 9.97 Å². The summed E-state index contributed by atoms with van der Waals surface area (Å²) in [5, 5.41) is 3.25. The van der Waals surface area contributed by atoms with Gasteiger partial charge in [0.05, 0.1) is 5.56 Å². The molecule has 1 aromatic heterocycles. The molecule has 134 valence electrons. The average molecular weight is 340 g/mol. The van der Waals surface area contributed by atoms with Gasteiger partial charge in [0.2, 0.25) is 5.95 Å². The fraction of sp³-hybridized carbons (Fsp3) is 0.450. The number of benzene rings is 1. The number of carbonyl (C=O) groups is 1. The molecular formula is C20H28N4O. The molecule has 1 heterocycles. The van der Waals surface area contributed by atoms with Gasteiger partial charge in [-0.15, -0.1) is 0 Å². The second-order valence-electron chi connectivity index (χ2n) is 6.45. The Balaban J connectivity index is 2.13. The van der Waals surface area contributed by atoms with Gasteiger partial charge in [-0.3, -0.25) is 4.79 Å². The molecule has 25 heavy (non-hydrogen) atoms. The van der Waals surface area contributed by atoms with Crippen molar-refractivity contribution < 1.29 is 4.79 Å². The van der Waals surface area contributed by atoms with Crippen LogP contribution in [0.5, 0.6) is 0 Å². The summed E-state index contributed by atoms with van der Waals surface area (Å²) in [7, 11) is 0. The summed E-state index contributed by atoms with van der Waals surface area (Å²) in [6.45, 7) is 9.97. The molecule has 0 spiro atoms. The third kappa shape index (κ3) is 5.02. The molecule has 0 unspecified atom stereocenters. The Morgan fingerprint density at radius 2 is 1.68 bits per heavy atom. The van der Waals surface area contributed by atoms with Crippen LogP contribution in [0.25, 0.3) is 0 Å². The van der Waals surface area contributed by atoms with Gasteiger partial charge in [-0.2, -0.15) is 0 Å². The van der Waals surface area contributed by atoms with E-state index in [9.17, 15) is 4.79 Å². The SMILES string of the molecule is CCCN(CCC)C(=O)c1cnc(Nc2ccccc2C(C)C)nc1. The quantitative estimate of drug-likeness (QED) is 0.762. The summed E-state index contributed by atoms with van der Waals surface area (Å²) in [6, 6.07) is 8.12. The molecule has 0 aliphatic rings. The van der Waals surface area contributed by atoms with Crippen LogP contribution in [0.3, 0.4) is 0 Å². The predicted molar refractivity (Wildman–Crippen MR) is 102 cm³/mol. The lowest BCUT2D eigenvalue weighted by atomic mass is 10.0. The van der Waals surface area contributed by atoms with Crippen LogP contribution >= 0.6 is 0 Å². The van der Waals surface area contributed by atoms with Crippen LogP contribution in [0.4, 0.5) is 11.6 Å². The highest BCUT2D eigenvalue weighted by atomic mass is 16.2. The number of amides is 1. The molecule has 1 aromatic carbocycles. The molecule has 0 atom stereocenters. The fourth-order valence-electron chi connectivity index (χ4n) is 2.78. The van der Waals surface area contributed by atoms with Crippen molar-refractivity contribution in [2.24, 2.45) is 0 Å². The van der Waals surface area contributed by atoms with Gasteiger partial charge in [0.1, 0.15) is 0 Å². The van der Waals surface area contributed by atoms with Gasteiger partial charge in [0.25, 0.3) is 5.91 Å². The number of aromatic nitrogens is 2. The van der Waals surface area contributed by atoms with Gasteiger partial charge in [0.15, 0.2) is 0 Å². The molecular weight excluding hydrogens is 312 g/mol. The van der Waals surface area contributed by atoms with Crippen LogP contribution in [-0.2, 0) is 0 Å². The van der Waals surface area contributed by atoms with Gasteiger partial charge in [-0.1, -0.05) is 45.9 Å². The molecule has 5 nitrogen and oxygen atoms in total. The highest BCUT2D eigenvalue weighted by molar-refractivity contribution is 5.93. The highest BCUT2D eigenvalue weighted by Crippen LogP contribution is 2.25. The summed E-state index contributed by atoms with van der Waals surface area (Å²) < 4.78 is 0. The van der Waals surface area contributed by atoms with Crippen LogP contribution in [0, 0.1) is 0 Å². The smallest absolute Gasteiger partial charge is 0.256 e. The third-order valence-electron chi connectivity index (χ3n) is 4.00. The van der Waals surface area contributed by atoms with E-state index < -0.39 is 0 Å². The van der Waals surface area contributed by atoms with Crippen LogP contribution < -0.4 is 5.32 Å². The van der Waals surface area contributed by atoms with E-state index in [-0.39, 0.29) is 5.91 Å². The van der Waals surface area contributed by atoms with Crippen molar-refractivity contribution in [2.45, 2.75) is 46.5 Å². The molecule has 0 saturated carbocycles. The zero-order chi connectivity index (χ0) is 18.2. The van der Waals surface area contributed by atoms with Gasteiger partial charge >= 0.3 is 0 Å². The van der Waals surface area contributed by atoms with Crippen molar-refractivity contribution in [1.82, 2.24) is 14.9 Å². The van der Waals surface area contributed by atoms with Crippen molar-refractivity contribution in [3.05, 3.63) is 47.8 Å². The van der Waals surface area contributed by atoms with Crippen LogP contribution in [-0.4, -0.2) is 33.9 Å². The molecule has 2 rings (SSSR count). The molecule has 0 fully saturated rings. The monoisotopic (exact) mass is 340 g/mol. The summed E-state index contributed by atoms with van der Waals surface area (Å²) >= 11 is 0. The van der Waals surface area contributed by atoms with Crippen LogP contribution in [0.1, 0.15) is 62.4 Å². The van der Waals surface area contributed by atoms with Crippen LogP contribution in [0.15, 0.2) is 36.7 Å². The molecule has 1 N–H and O–H groups in total. The minimum atomic E-state index is -0.00201.